The molecule has 0 aliphatic carbocycles. The van der Waals surface area contributed by atoms with Crippen molar-refractivity contribution in [2.24, 2.45) is 0 Å². The first-order valence-corrected chi connectivity index (χ1v) is 7.31. The Kier molecular flexibility index (Phi) is 4.63. The molecule has 2 rings (SSSR count). The summed E-state index contributed by atoms with van der Waals surface area (Å²) in [6, 6.07) is 5.45. The third-order valence-corrected chi connectivity index (χ3v) is 3.34. The highest BCUT2D eigenvalue weighted by Crippen LogP contribution is 2.28. The Labute approximate surface area is 130 Å². The molecule has 1 aliphatic heterocycles. The molecule has 1 saturated heterocycles. The van der Waals surface area contributed by atoms with Crippen LogP contribution < -0.4 is 15.4 Å². The lowest BCUT2D eigenvalue weighted by atomic mass is 9.89. The number of rotatable bonds is 4. The minimum Gasteiger partial charge on any atom is -0.495 e. The molecule has 0 atom stereocenters. The summed E-state index contributed by atoms with van der Waals surface area (Å²) in [5, 5.41) is 15.9. The van der Waals surface area contributed by atoms with Crippen LogP contribution in [0.25, 0.3) is 0 Å². The second kappa shape index (κ2) is 6.14. The lowest BCUT2D eigenvalue weighted by Gasteiger charge is -2.37. The van der Waals surface area contributed by atoms with Crippen molar-refractivity contribution >= 4 is 11.8 Å². The zero-order valence-corrected chi connectivity index (χ0v) is 13.5. The van der Waals surface area contributed by atoms with Gasteiger partial charge in [-0.1, -0.05) is 6.07 Å². The minimum absolute atomic E-state index is 0.527. The smallest absolute Gasteiger partial charge is 0.412 e. The molecule has 3 N–H and O–H groups in total. The molecule has 0 aromatic heterocycles. The largest absolute Gasteiger partial charge is 0.495 e. The number of ether oxygens (including phenoxy) is 2. The van der Waals surface area contributed by atoms with Gasteiger partial charge in [-0.2, -0.15) is 0 Å². The third-order valence-electron chi connectivity index (χ3n) is 3.34. The summed E-state index contributed by atoms with van der Waals surface area (Å²) in [5.74, 6) is 0.541. The normalized spacial score (nSPS) is 16.6. The molecule has 6 heteroatoms. The molecule has 0 saturated carbocycles. The van der Waals surface area contributed by atoms with Gasteiger partial charge in [0, 0.05) is 19.5 Å². The summed E-state index contributed by atoms with van der Waals surface area (Å²) >= 11 is 0. The number of anilines is 1. The number of aliphatic hydroxyl groups is 1. The van der Waals surface area contributed by atoms with Gasteiger partial charge in [0.25, 0.3) is 0 Å². The lowest BCUT2D eigenvalue weighted by molar-refractivity contribution is -0.00905. The van der Waals surface area contributed by atoms with Crippen molar-refractivity contribution < 1.29 is 19.4 Å². The summed E-state index contributed by atoms with van der Waals surface area (Å²) in [7, 11) is 1.54. The molecule has 0 radical (unpaired) electrons. The van der Waals surface area contributed by atoms with Crippen molar-refractivity contribution in [2.75, 3.05) is 25.5 Å². The number of hydrogen-bond donors (Lipinski definition) is 3. The molecular weight excluding hydrogens is 284 g/mol. The monoisotopic (exact) mass is 308 g/mol. The Morgan fingerprint density at radius 2 is 2.09 bits per heavy atom. The average Bonchev–Trinajstić information content (AvgIpc) is 2.36. The zero-order chi connectivity index (χ0) is 16.4. The maximum Gasteiger partial charge on any atom is 0.412 e. The maximum absolute atomic E-state index is 11.8. The van der Waals surface area contributed by atoms with Gasteiger partial charge >= 0.3 is 6.09 Å². The van der Waals surface area contributed by atoms with E-state index in [1.807, 2.05) is 12.1 Å². The van der Waals surface area contributed by atoms with E-state index in [0.29, 0.717) is 30.9 Å². The fraction of sp³-hybridized carbons (Fsp3) is 0.562. The van der Waals surface area contributed by atoms with Gasteiger partial charge in [-0.15, -0.1) is 0 Å². The van der Waals surface area contributed by atoms with Crippen molar-refractivity contribution in [2.45, 2.75) is 38.4 Å². The quantitative estimate of drug-likeness (QED) is 0.792. The van der Waals surface area contributed by atoms with E-state index in [1.54, 1.807) is 33.9 Å². The number of benzene rings is 1. The van der Waals surface area contributed by atoms with Crippen LogP contribution in [0.4, 0.5) is 10.5 Å². The van der Waals surface area contributed by atoms with Crippen LogP contribution in [-0.2, 0) is 11.2 Å². The van der Waals surface area contributed by atoms with Gasteiger partial charge in [-0.05, 0) is 38.5 Å². The third kappa shape index (κ3) is 4.35. The summed E-state index contributed by atoms with van der Waals surface area (Å²) in [5.41, 5.74) is 0.248. The van der Waals surface area contributed by atoms with Gasteiger partial charge in [-0.25, -0.2) is 4.79 Å². The van der Waals surface area contributed by atoms with Crippen LogP contribution >= 0.6 is 0 Å². The van der Waals surface area contributed by atoms with Crippen LogP contribution in [0.1, 0.15) is 26.3 Å². The SMILES string of the molecule is COc1cc(CC2(O)CNC2)ccc1NC(=O)OC(C)(C)C. The summed E-state index contributed by atoms with van der Waals surface area (Å²) in [4.78, 5) is 11.8. The number of hydrogen-bond acceptors (Lipinski definition) is 5. The number of methoxy groups -OCH3 is 1. The highest BCUT2D eigenvalue weighted by Gasteiger charge is 2.34. The van der Waals surface area contributed by atoms with Crippen LogP contribution in [0.5, 0.6) is 5.75 Å². The number of β-amino-alcohol motifs (C(OH)–C–C–N with tert-alkyl or cyclic N) is 1. The van der Waals surface area contributed by atoms with Crippen LogP contribution in [0.15, 0.2) is 18.2 Å². The predicted molar refractivity (Wildman–Crippen MR) is 84.4 cm³/mol. The Morgan fingerprint density at radius 3 is 2.59 bits per heavy atom. The van der Waals surface area contributed by atoms with E-state index < -0.39 is 17.3 Å². The van der Waals surface area contributed by atoms with Gasteiger partial charge in [0.05, 0.1) is 18.4 Å². The molecule has 1 aromatic rings. The van der Waals surface area contributed by atoms with Gasteiger partial charge in [-0.3, -0.25) is 5.32 Å². The number of amides is 1. The Bertz CT molecular complexity index is 548. The Morgan fingerprint density at radius 1 is 1.41 bits per heavy atom. The molecule has 1 aliphatic rings. The van der Waals surface area contributed by atoms with Crippen LogP contribution in [-0.4, -0.2) is 42.6 Å². The predicted octanol–water partition coefficient (Wildman–Crippen LogP) is 1.92. The molecule has 0 bridgehead atoms. The van der Waals surface area contributed by atoms with Crippen molar-refractivity contribution in [3.63, 3.8) is 0 Å². The van der Waals surface area contributed by atoms with Crippen molar-refractivity contribution in [3.05, 3.63) is 23.8 Å². The molecule has 1 fully saturated rings. The highest BCUT2D eigenvalue weighted by atomic mass is 16.6. The first-order chi connectivity index (χ1) is 10.2. The fourth-order valence-electron chi connectivity index (χ4n) is 2.28. The molecule has 0 spiro atoms. The topological polar surface area (TPSA) is 79.8 Å². The fourth-order valence-corrected chi connectivity index (χ4v) is 2.28. The average molecular weight is 308 g/mol. The molecule has 1 heterocycles. The number of carbonyl (C=O) groups excluding carboxylic acids is 1. The van der Waals surface area contributed by atoms with Crippen LogP contribution in [0, 0.1) is 0 Å². The molecule has 6 nitrogen and oxygen atoms in total. The molecule has 0 unspecified atom stereocenters. The maximum atomic E-state index is 11.8. The first-order valence-electron chi connectivity index (χ1n) is 7.31. The summed E-state index contributed by atoms with van der Waals surface area (Å²) in [6.45, 7) is 6.60. The van der Waals surface area contributed by atoms with Crippen molar-refractivity contribution in [1.29, 1.82) is 0 Å². The zero-order valence-electron chi connectivity index (χ0n) is 13.5. The van der Waals surface area contributed by atoms with E-state index in [0.717, 1.165) is 5.56 Å². The highest BCUT2D eigenvalue weighted by molar-refractivity contribution is 5.87. The van der Waals surface area contributed by atoms with Crippen molar-refractivity contribution in [3.8, 4) is 5.75 Å². The first kappa shape index (κ1) is 16.6. The van der Waals surface area contributed by atoms with E-state index in [1.165, 1.54) is 0 Å². The van der Waals surface area contributed by atoms with E-state index in [4.69, 9.17) is 9.47 Å². The second-order valence-corrected chi connectivity index (χ2v) is 6.67. The molecule has 22 heavy (non-hydrogen) atoms. The lowest BCUT2D eigenvalue weighted by Crippen LogP contribution is -2.60. The summed E-state index contributed by atoms with van der Waals surface area (Å²) in [6.07, 6.45) is 0.0173. The van der Waals surface area contributed by atoms with Gasteiger partial charge < -0.3 is 19.9 Å². The minimum atomic E-state index is -0.689. The van der Waals surface area contributed by atoms with Crippen molar-refractivity contribution in [1.82, 2.24) is 5.32 Å². The molecular formula is C16H24N2O4. The summed E-state index contributed by atoms with van der Waals surface area (Å²) < 4.78 is 10.5. The van der Waals surface area contributed by atoms with E-state index in [9.17, 15) is 9.90 Å². The van der Waals surface area contributed by atoms with Gasteiger partial charge in [0.15, 0.2) is 0 Å². The number of carbonyl (C=O) groups is 1. The van der Waals surface area contributed by atoms with Gasteiger partial charge in [0.1, 0.15) is 11.4 Å². The van der Waals surface area contributed by atoms with E-state index >= 15 is 0 Å². The number of nitrogens with one attached hydrogen (secondary N) is 2. The molecule has 122 valence electrons. The molecule has 1 amide bonds. The van der Waals surface area contributed by atoms with E-state index in [2.05, 4.69) is 10.6 Å². The second-order valence-electron chi connectivity index (χ2n) is 6.67. The van der Waals surface area contributed by atoms with Gasteiger partial charge in [0.2, 0.25) is 0 Å². The van der Waals surface area contributed by atoms with Crippen LogP contribution in [0.3, 0.4) is 0 Å². The van der Waals surface area contributed by atoms with Crippen LogP contribution in [0.2, 0.25) is 0 Å². The van der Waals surface area contributed by atoms with E-state index in [-0.39, 0.29) is 0 Å². The Hall–Kier alpha value is -1.79. The standard InChI is InChI=1S/C16H24N2O4/c1-15(2,3)22-14(19)18-12-6-5-11(7-13(12)21-4)8-16(20)9-17-10-16/h5-7,17,20H,8-10H2,1-4H3,(H,18,19). The molecule has 1 aromatic carbocycles. The Balaban J connectivity index is 2.07.